The van der Waals surface area contributed by atoms with Crippen LogP contribution in [0.4, 0.5) is 4.79 Å². The van der Waals surface area contributed by atoms with Crippen molar-refractivity contribution in [3.8, 4) is 0 Å². The summed E-state index contributed by atoms with van der Waals surface area (Å²) in [6, 6.07) is -1.42. The standard InChI is InChI=1S/C17H29N5O7S/c23-16(15-5-4-13-10-21(15)17(24)22(13)29-30(25,26)27)19-28-11-12-8-14(9-18-12)20-6-2-1-3-7-20/h12-15,18H,1-11H2,(H,19,23)(H,25,26,27)/t12?,13-,14-,15+/m1/s1. The van der Waals surface area contributed by atoms with Gasteiger partial charge in [-0.25, -0.2) is 10.3 Å². The van der Waals surface area contributed by atoms with Gasteiger partial charge in [0.15, 0.2) is 0 Å². The number of nitrogens with one attached hydrogen (secondary N) is 2. The maximum absolute atomic E-state index is 12.5. The number of piperidine rings is 2. The zero-order valence-corrected chi connectivity index (χ0v) is 17.6. The first-order chi connectivity index (χ1) is 14.3. The number of fused-ring (bicyclic) bond motifs is 2. The Balaban J connectivity index is 1.22. The van der Waals surface area contributed by atoms with Crippen molar-refractivity contribution in [1.29, 1.82) is 0 Å². The van der Waals surface area contributed by atoms with E-state index in [0.717, 1.165) is 26.1 Å². The maximum Gasteiger partial charge on any atom is 0.418 e. The predicted octanol–water partition coefficient (Wildman–Crippen LogP) is -0.746. The van der Waals surface area contributed by atoms with Crippen molar-refractivity contribution in [2.45, 2.75) is 62.7 Å². The Labute approximate surface area is 175 Å². The molecule has 0 aromatic carbocycles. The molecule has 12 nitrogen and oxygen atoms in total. The van der Waals surface area contributed by atoms with Crippen LogP contribution in [0.5, 0.6) is 0 Å². The van der Waals surface area contributed by atoms with Crippen LogP contribution in [-0.2, 0) is 24.3 Å². The molecule has 4 fully saturated rings. The van der Waals surface area contributed by atoms with Crippen LogP contribution in [0.25, 0.3) is 0 Å². The fourth-order valence-corrected chi connectivity index (χ4v) is 5.26. The quantitative estimate of drug-likeness (QED) is 0.340. The smallest absolute Gasteiger partial charge is 0.310 e. The Hall–Kier alpha value is -1.51. The largest absolute Gasteiger partial charge is 0.418 e. The highest BCUT2D eigenvalue weighted by Crippen LogP contribution is 2.30. The van der Waals surface area contributed by atoms with Gasteiger partial charge in [0.25, 0.3) is 5.91 Å². The number of hydrogen-bond donors (Lipinski definition) is 3. The van der Waals surface area contributed by atoms with Gasteiger partial charge in [0, 0.05) is 25.2 Å². The van der Waals surface area contributed by atoms with Gasteiger partial charge in [-0.1, -0.05) is 6.42 Å². The Kier molecular flexibility index (Phi) is 6.46. The van der Waals surface area contributed by atoms with Crippen LogP contribution in [-0.4, -0.2) is 96.7 Å². The second kappa shape index (κ2) is 8.93. The van der Waals surface area contributed by atoms with E-state index in [1.54, 1.807) is 0 Å². The Bertz CT molecular complexity index is 760. The van der Waals surface area contributed by atoms with Gasteiger partial charge in [0.2, 0.25) is 0 Å². The summed E-state index contributed by atoms with van der Waals surface area (Å²) in [5.41, 5.74) is 2.43. The lowest BCUT2D eigenvalue weighted by molar-refractivity contribution is -0.139. The number of urea groups is 1. The molecular formula is C17H29N5O7S. The zero-order valence-electron chi connectivity index (χ0n) is 16.7. The van der Waals surface area contributed by atoms with Crippen LogP contribution in [0.15, 0.2) is 0 Å². The molecule has 0 aliphatic carbocycles. The van der Waals surface area contributed by atoms with Gasteiger partial charge in [0.1, 0.15) is 6.04 Å². The second-order valence-electron chi connectivity index (χ2n) is 8.38. The lowest BCUT2D eigenvalue weighted by atomic mass is 10.0. The van der Waals surface area contributed by atoms with E-state index in [4.69, 9.17) is 9.39 Å². The third-order valence-corrected chi connectivity index (χ3v) is 6.71. The van der Waals surface area contributed by atoms with E-state index in [-0.39, 0.29) is 12.6 Å². The van der Waals surface area contributed by atoms with Gasteiger partial charge < -0.3 is 10.2 Å². The molecule has 4 rings (SSSR count). The third-order valence-electron chi connectivity index (χ3n) is 6.36. The van der Waals surface area contributed by atoms with Crippen molar-refractivity contribution in [2.24, 2.45) is 0 Å². The van der Waals surface area contributed by atoms with Crippen molar-refractivity contribution in [3.63, 3.8) is 0 Å². The summed E-state index contributed by atoms with van der Waals surface area (Å²) < 4.78 is 35.1. The SMILES string of the molecule is O=C(NOCC1C[C@@H](N2CCCCC2)CN1)[C@@H]1CC[C@@H]2CN1C(=O)N2OS(=O)(=O)O. The second-order valence-corrected chi connectivity index (χ2v) is 9.38. The molecule has 4 aliphatic heterocycles. The first-order valence-electron chi connectivity index (χ1n) is 10.5. The minimum absolute atomic E-state index is 0.147. The molecule has 4 saturated heterocycles. The molecule has 4 heterocycles. The first-order valence-corrected chi connectivity index (χ1v) is 11.8. The number of carbonyl (C=O) groups is 2. The highest BCUT2D eigenvalue weighted by atomic mass is 32.3. The van der Waals surface area contributed by atoms with Gasteiger partial charge >= 0.3 is 16.4 Å². The van der Waals surface area contributed by atoms with Crippen LogP contribution >= 0.6 is 0 Å². The van der Waals surface area contributed by atoms with E-state index in [1.165, 1.54) is 24.2 Å². The lowest BCUT2D eigenvalue weighted by Crippen LogP contribution is -2.50. The molecule has 1 unspecified atom stereocenters. The van der Waals surface area contributed by atoms with Gasteiger partial charge in [-0.3, -0.25) is 19.1 Å². The number of nitrogens with zero attached hydrogens (tertiary/aromatic N) is 3. The number of likely N-dealkylation sites (tertiary alicyclic amines) is 1. The van der Waals surface area contributed by atoms with E-state index in [2.05, 4.69) is 20.0 Å². The summed E-state index contributed by atoms with van der Waals surface area (Å²) in [6.07, 6.45) is 5.48. The summed E-state index contributed by atoms with van der Waals surface area (Å²) in [4.78, 5) is 34.1. The molecule has 13 heteroatoms. The normalized spacial score (nSPS) is 32.6. The van der Waals surface area contributed by atoms with Gasteiger partial charge in [0.05, 0.1) is 12.6 Å². The summed E-state index contributed by atoms with van der Waals surface area (Å²) in [7, 11) is -4.81. The van der Waals surface area contributed by atoms with Crippen molar-refractivity contribution < 1.29 is 31.7 Å². The molecule has 30 heavy (non-hydrogen) atoms. The minimum Gasteiger partial charge on any atom is -0.310 e. The average molecular weight is 448 g/mol. The molecule has 0 spiro atoms. The highest BCUT2D eigenvalue weighted by molar-refractivity contribution is 7.80. The molecule has 4 atom stereocenters. The number of amides is 3. The molecule has 3 amide bonds. The monoisotopic (exact) mass is 447 g/mol. The highest BCUT2D eigenvalue weighted by Gasteiger charge is 2.49. The molecule has 0 saturated carbocycles. The van der Waals surface area contributed by atoms with E-state index < -0.39 is 34.4 Å². The van der Waals surface area contributed by atoms with Crippen molar-refractivity contribution in [3.05, 3.63) is 0 Å². The molecule has 170 valence electrons. The van der Waals surface area contributed by atoms with Crippen molar-refractivity contribution in [2.75, 3.05) is 32.8 Å². The van der Waals surface area contributed by atoms with Crippen molar-refractivity contribution in [1.82, 2.24) is 25.7 Å². The summed E-state index contributed by atoms with van der Waals surface area (Å²) in [5, 5.41) is 4.05. The maximum atomic E-state index is 12.5. The topological polar surface area (TPSA) is 141 Å². The van der Waals surface area contributed by atoms with Gasteiger partial charge in [-0.2, -0.15) is 13.5 Å². The van der Waals surface area contributed by atoms with E-state index >= 15 is 0 Å². The third kappa shape index (κ3) is 4.86. The van der Waals surface area contributed by atoms with E-state index in [1.807, 2.05) is 0 Å². The Morgan fingerprint density at radius 1 is 1.20 bits per heavy atom. The zero-order chi connectivity index (χ0) is 21.3. The van der Waals surface area contributed by atoms with Crippen LogP contribution in [0.3, 0.4) is 0 Å². The summed E-state index contributed by atoms with van der Waals surface area (Å²) in [5.74, 6) is -0.457. The average Bonchev–Trinajstić information content (AvgIpc) is 3.27. The minimum atomic E-state index is -4.81. The number of carbonyl (C=O) groups excluding carboxylic acids is 2. The molecule has 0 aromatic heterocycles. The van der Waals surface area contributed by atoms with Crippen LogP contribution in [0, 0.1) is 0 Å². The Morgan fingerprint density at radius 3 is 2.70 bits per heavy atom. The Morgan fingerprint density at radius 2 is 1.97 bits per heavy atom. The van der Waals surface area contributed by atoms with E-state index in [9.17, 15) is 18.0 Å². The number of rotatable bonds is 7. The molecule has 4 aliphatic rings. The van der Waals surface area contributed by atoms with Gasteiger partial charge in [-0.05, 0) is 45.2 Å². The summed E-state index contributed by atoms with van der Waals surface area (Å²) >= 11 is 0. The van der Waals surface area contributed by atoms with Crippen LogP contribution in [0.2, 0.25) is 0 Å². The predicted molar refractivity (Wildman–Crippen MR) is 103 cm³/mol. The first kappa shape index (κ1) is 21.7. The van der Waals surface area contributed by atoms with Gasteiger partial charge in [-0.15, -0.1) is 4.28 Å². The molecule has 2 bridgehead atoms. The number of hydrogen-bond acceptors (Lipinski definition) is 8. The molecule has 3 N–H and O–H groups in total. The number of hydroxylamine groups is 3. The summed E-state index contributed by atoms with van der Waals surface area (Å²) in [6.45, 7) is 3.67. The van der Waals surface area contributed by atoms with E-state index in [0.29, 0.717) is 30.6 Å². The fraction of sp³-hybridized carbons (Fsp3) is 0.882. The van der Waals surface area contributed by atoms with Crippen molar-refractivity contribution >= 4 is 22.3 Å². The molecular weight excluding hydrogens is 418 g/mol. The fourth-order valence-electron chi connectivity index (χ4n) is 4.87. The molecule has 0 aromatic rings. The molecule has 0 radical (unpaired) electrons. The van der Waals surface area contributed by atoms with Crippen LogP contribution in [0.1, 0.15) is 38.5 Å². The van der Waals surface area contributed by atoms with Crippen LogP contribution < -0.4 is 10.8 Å². The lowest BCUT2D eigenvalue weighted by Gasteiger charge is -2.31.